The predicted octanol–water partition coefficient (Wildman–Crippen LogP) is 4.45. The van der Waals surface area contributed by atoms with Crippen LogP contribution in [0.15, 0.2) is 0 Å². The minimum Gasteiger partial charge on any atom is -0.330 e. The average Bonchev–Trinajstić information content (AvgIpc) is 2.90. The first-order valence-electron chi connectivity index (χ1n) is 8.15. The minimum absolute atomic E-state index is 0.810. The maximum Gasteiger partial charge on any atom is 0.00900 e. The monoisotopic (exact) mass is 269 g/mol. The zero-order valence-electron chi connectivity index (χ0n) is 12.1. The maximum absolute atomic E-state index is 5.98. The summed E-state index contributed by atoms with van der Waals surface area (Å²) in [6, 6.07) is 0. The second-order valence-corrected chi connectivity index (χ2v) is 7.76. The van der Waals surface area contributed by atoms with Gasteiger partial charge in [-0.2, -0.15) is 11.8 Å². The standard InChI is InChI=1S/C16H31NS/c1-2-5-13-8-9-15(11-17)16(10-13)18-12-14-6-3-4-7-14/h13-16H,2-12,17H2,1H3. The van der Waals surface area contributed by atoms with E-state index in [0.717, 1.165) is 29.5 Å². The van der Waals surface area contributed by atoms with Crippen LogP contribution in [0.4, 0.5) is 0 Å². The molecule has 3 atom stereocenters. The molecule has 0 aromatic carbocycles. The Bertz CT molecular complexity index is 225. The van der Waals surface area contributed by atoms with E-state index in [9.17, 15) is 0 Å². The summed E-state index contributed by atoms with van der Waals surface area (Å²) in [7, 11) is 0. The Morgan fingerprint density at radius 3 is 2.50 bits per heavy atom. The highest BCUT2D eigenvalue weighted by Gasteiger charge is 2.30. The Morgan fingerprint density at radius 2 is 1.83 bits per heavy atom. The quantitative estimate of drug-likeness (QED) is 0.771. The van der Waals surface area contributed by atoms with Gasteiger partial charge in [0.2, 0.25) is 0 Å². The van der Waals surface area contributed by atoms with E-state index in [0.29, 0.717) is 0 Å². The summed E-state index contributed by atoms with van der Waals surface area (Å²) in [5.41, 5.74) is 5.98. The number of hydrogen-bond acceptors (Lipinski definition) is 2. The van der Waals surface area contributed by atoms with Gasteiger partial charge in [0, 0.05) is 5.25 Å². The van der Waals surface area contributed by atoms with E-state index in [2.05, 4.69) is 18.7 Å². The molecule has 0 bridgehead atoms. The summed E-state index contributed by atoms with van der Waals surface area (Å²) in [6.45, 7) is 3.25. The van der Waals surface area contributed by atoms with Crippen molar-refractivity contribution >= 4 is 11.8 Å². The molecule has 0 spiro atoms. The van der Waals surface area contributed by atoms with Crippen molar-refractivity contribution in [2.45, 2.75) is 70.0 Å². The molecule has 0 aliphatic heterocycles. The van der Waals surface area contributed by atoms with Gasteiger partial charge in [0.1, 0.15) is 0 Å². The Labute approximate surface area is 118 Å². The Balaban J connectivity index is 1.77. The van der Waals surface area contributed by atoms with E-state index in [-0.39, 0.29) is 0 Å². The number of thioether (sulfide) groups is 1. The van der Waals surface area contributed by atoms with Gasteiger partial charge in [0.25, 0.3) is 0 Å². The first-order chi connectivity index (χ1) is 8.83. The molecule has 0 heterocycles. The van der Waals surface area contributed by atoms with Gasteiger partial charge >= 0.3 is 0 Å². The van der Waals surface area contributed by atoms with Crippen molar-refractivity contribution in [1.82, 2.24) is 0 Å². The van der Waals surface area contributed by atoms with E-state index < -0.39 is 0 Å². The van der Waals surface area contributed by atoms with Crippen LogP contribution in [0, 0.1) is 17.8 Å². The summed E-state index contributed by atoms with van der Waals surface area (Å²) in [5.74, 6) is 4.25. The molecule has 3 unspecified atom stereocenters. The fraction of sp³-hybridized carbons (Fsp3) is 1.00. The molecule has 2 rings (SSSR count). The van der Waals surface area contributed by atoms with Crippen LogP contribution in [0.5, 0.6) is 0 Å². The normalized spacial score (nSPS) is 34.0. The van der Waals surface area contributed by atoms with Crippen LogP contribution in [-0.4, -0.2) is 17.5 Å². The Hall–Kier alpha value is 0.310. The van der Waals surface area contributed by atoms with Crippen molar-refractivity contribution in [2.24, 2.45) is 23.5 Å². The number of nitrogens with two attached hydrogens (primary N) is 1. The van der Waals surface area contributed by atoms with Crippen LogP contribution >= 0.6 is 11.8 Å². The third-order valence-electron chi connectivity index (χ3n) is 5.06. The van der Waals surface area contributed by atoms with Crippen molar-refractivity contribution in [3.8, 4) is 0 Å². The molecule has 0 radical (unpaired) electrons. The summed E-state index contributed by atoms with van der Waals surface area (Å²) in [5, 5.41) is 0.876. The van der Waals surface area contributed by atoms with Crippen LogP contribution in [0.25, 0.3) is 0 Å². The molecule has 18 heavy (non-hydrogen) atoms. The van der Waals surface area contributed by atoms with Gasteiger partial charge in [-0.15, -0.1) is 0 Å². The van der Waals surface area contributed by atoms with E-state index in [4.69, 9.17) is 5.73 Å². The fourth-order valence-corrected chi connectivity index (χ4v) is 5.64. The smallest absolute Gasteiger partial charge is 0.00900 e. The lowest BCUT2D eigenvalue weighted by Gasteiger charge is -2.35. The van der Waals surface area contributed by atoms with E-state index >= 15 is 0 Å². The van der Waals surface area contributed by atoms with E-state index in [1.54, 1.807) is 0 Å². The highest BCUT2D eigenvalue weighted by Crippen LogP contribution is 2.40. The zero-order chi connectivity index (χ0) is 12.8. The molecule has 2 saturated carbocycles. The van der Waals surface area contributed by atoms with Gasteiger partial charge in [0.15, 0.2) is 0 Å². The molecular weight excluding hydrogens is 238 g/mol. The van der Waals surface area contributed by atoms with Gasteiger partial charge in [0.05, 0.1) is 0 Å². The van der Waals surface area contributed by atoms with Crippen LogP contribution in [0.1, 0.15) is 64.7 Å². The van der Waals surface area contributed by atoms with Crippen molar-refractivity contribution < 1.29 is 0 Å². The fourth-order valence-electron chi connectivity index (χ4n) is 3.86. The largest absolute Gasteiger partial charge is 0.330 e. The average molecular weight is 269 g/mol. The van der Waals surface area contributed by atoms with Crippen LogP contribution < -0.4 is 5.73 Å². The Morgan fingerprint density at radius 1 is 1.06 bits per heavy atom. The number of hydrogen-bond donors (Lipinski definition) is 1. The highest BCUT2D eigenvalue weighted by molar-refractivity contribution is 7.99. The van der Waals surface area contributed by atoms with Crippen LogP contribution in [-0.2, 0) is 0 Å². The molecule has 0 saturated heterocycles. The second-order valence-electron chi connectivity index (χ2n) is 6.49. The van der Waals surface area contributed by atoms with E-state index in [1.807, 2.05) is 0 Å². The van der Waals surface area contributed by atoms with Gasteiger partial charge < -0.3 is 5.73 Å². The molecule has 0 aromatic heterocycles. The topological polar surface area (TPSA) is 26.0 Å². The summed E-state index contributed by atoms with van der Waals surface area (Å²) in [4.78, 5) is 0. The zero-order valence-corrected chi connectivity index (χ0v) is 12.9. The lowest BCUT2D eigenvalue weighted by Crippen LogP contribution is -2.33. The molecule has 0 amide bonds. The molecule has 2 fully saturated rings. The van der Waals surface area contributed by atoms with Crippen LogP contribution in [0.3, 0.4) is 0 Å². The molecule has 0 aromatic rings. The van der Waals surface area contributed by atoms with Crippen LogP contribution in [0.2, 0.25) is 0 Å². The molecule has 2 heteroatoms. The molecule has 106 valence electrons. The second kappa shape index (κ2) is 7.79. The lowest BCUT2D eigenvalue weighted by molar-refractivity contribution is 0.275. The van der Waals surface area contributed by atoms with Gasteiger partial charge in [-0.25, -0.2) is 0 Å². The predicted molar refractivity (Wildman–Crippen MR) is 83.0 cm³/mol. The van der Waals surface area contributed by atoms with Gasteiger partial charge in [-0.3, -0.25) is 0 Å². The lowest BCUT2D eigenvalue weighted by atomic mass is 9.80. The van der Waals surface area contributed by atoms with Crippen molar-refractivity contribution in [2.75, 3.05) is 12.3 Å². The third-order valence-corrected chi connectivity index (χ3v) is 6.73. The SMILES string of the molecule is CCCC1CCC(CN)C(SCC2CCCC2)C1. The van der Waals surface area contributed by atoms with Gasteiger partial charge in [-0.05, 0) is 55.7 Å². The molecular formula is C16H31NS. The van der Waals surface area contributed by atoms with Crippen molar-refractivity contribution in [1.29, 1.82) is 0 Å². The molecule has 2 aliphatic rings. The molecule has 1 nitrogen and oxygen atoms in total. The van der Waals surface area contributed by atoms with Crippen molar-refractivity contribution in [3.63, 3.8) is 0 Å². The highest BCUT2D eigenvalue weighted by atomic mass is 32.2. The number of rotatable bonds is 6. The first-order valence-corrected chi connectivity index (χ1v) is 9.20. The van der Waals surface area contributed by atoms with Gasteiger partial charge in [-0.1, -0.05) is 39.0 Å². The molecule has 2 N–H and O–H groups in total. The summed E-state index contributed by atoms with van der Waals surface area (Å²) >= 11 is 2.28. The molecule has 2 aliphatic carbocycles. The third kappa shape index (κ3) is 4.16. The minimum atomic E-state index is 0.810. The first kappa shape index (κ1) is 14.7. The van der Waals surface area contributed by atoms with Crippen molar-refractivity contribution in [3.05, 3.63) is 0 Å². The Kier molecular flexibility index (Phi) is 6.37. The van der Waals surface area contributed by atoms with E-state index in [1.165, 1.54) is 63.5 Å². The summed E-state index contributed by atoms with van der Waals surface area (Å²) in [6.07, 6.45) is 13.0. The summed E-state index contributed by atoms with van der Waals surface area (Å²) < 4.78 is 0. The maximum atomic E-state index is 5.98.